The van der Waals surface area contributed by atoms with Gasteiger partial charge in [-0.25, -0.2) is 0 Å². The second-order valence-electron chi connectivity index (χ2n) is 5.27. The Hall–Kier alpha value is -0.580. The molecule has 0 aliphatic carbocycles. The van der Waals surface area contributed by atoms with Crippen LogP contribution in [0.25, 0.3) is 0 Å². The minimum Gasteiger partial charge on any atom is -0.492 e. The van der Waals surface area contributed by atoms with Crippen LogP contribution in [0.3, 0.4) is 0 Å². The summed E-state index contributed by atoms with van der Waals surface area (Å²) in [5.74, 6) is 0.835. The highest BCUT2D eigenvalue weighted by atomic mass is 79.9. The molecule has 1 aliphatic heterocycles. The molecule has 0 aromatic heterocycles. The van der Waals surface area contributed by atoms with Gasteiger partial charge in [0.25, 0.3) is 0 Å². The predicted octanol–water partition coefficient (Wildman–Crippen LogP) is 4.23. The van der Waals surface area contributed by atoms with Crippen LogP contribution in [0.4, 0.5) is 0 Å². The number of hydrogen-bond donors (Lipinski definition) is 1. The Kier molecular flexibility index (Phi) is 6.33. The first-order chi connectivity index (χ1) is 9.70. The smallest absolute Gasteiger partial charge is 0.133 e. The molecule has 1 aliphatic rings. The van der Waals surface area contributed by atoms with E-state index in [9.17, 15) is 5.11 Å². The molecule has 0 bridgehead atoms. The van der Waals surface area contributed by atoms with E-state index in [1.165, 1.54) is 0 Å². The topological polar surface area (TPSA) is 38.7 Å². The van der Waals surface area contributed by atoms with Crippen LogP contribution in [-0.4, -0.2) is 24.4 Å². The lowest BCUT2D eigenvalue weighted by Gasteiger charge is -2.15. The SMILES string of the molecule is CCCOc1ccc(C(O)CCC2CCCO2)cc1Br. The highest BCUT2D eigenvalue weighted by molar-refractivity contribution is 9.10. The highest BCUT2D eigenvalue weighted by Crippen LogP contribution is 2.31. The monoisotopic (exact) mass is 342 g/mol. The fraction of sp³-hybridized carbons (Fsp3) is 0.625. The third-order valence-corrected chi connectivity index (χ3v) is 4.21. The Morgan fingerprint density at radius 2 is 2.35 bits per heavy atom. The molecule has 0 radical (unpaired) electrons. The molecule has 4 heteroatoms. The van der Waals surface area contributed by atoms with Crippen molar-refractivity contribution in [1.29, 1.82) is 0 Å². The van der Waals surface area contributed by atoms with Crippen molar-refractivity contribution < 1.29 is 14.6 Å². The molecule has 1 fully saturated rings. The van der Waals surface area contributed by atoms with Crippen molar-refractivity contribution in [3.63, 3.8) is 0 Å². The Morgan fingerprint density at radius 3 is 3.00 bits per heavy atom. The molecule has 0 spiro atoms. The number of rotatable bonds is 7. The van der Waals surface area contributed by atoms with Gasteiger partial charge in [0.15, 0.2) is 0 Å². The fourth-order valence-corrected chi connectivity index (χ4v) is 2.95. The van der Waals surface area contributed by atoms with Crippen molar-refractivity contribution in [2.45, 2.75) is 51.2 Å². The first-order valence-electron chi connectivity index (χ1n) is 7.42. The summed E-state index contributed by atoms with van der Waals surface area (Å²) in [7, 11) is 0. The normalized spacial score (nSPS) is 20.1. The van der Waals surface area contributed by atoms with E-state index in [2.05, 4.69) is 22.9 Å². The van der Waals surface area contributed by atoms with Gasteiger partial charge < -0.3 is 14.6 Å². The lowest BCUT2D eigenvalue weighted by Crippen LogP contribution is -2.08. The quantitative estimate of drug-likeness (QED) is 0.805. The van der Waals surface area contributed by atoms with Gasteiger partial charge in [-0.05, 0) is 65.7 Å². The van der Waals surface area contributed by atoms with Crippen LogP contribution < -0.4 is 4.74 Å². The molecular formula is C16H23BrO3. The maximum Gasteiger partial charge on any atom is 0.133 e. The first-order valence-corrected chi connectivity index (χ1v) is 8.22. The van der Waals surface area contributed by atoms with Crippen LogP contribution in [-0.2, 0) is 4.74 Å². The number of hydrogen-bond acceptors (Lipinski definition) is 3. The summed E-state index contributed by atoms with van der Waals surface area (Å²) in [5.41, 5.74) is 0.929. The standard InChI is InChI=1S/C16H23BrO3/c1-2-9-20-16-8-5-12(11-14(16)17)15(18)7-6-13-4-3-10-19-13/h5,8,11,13,15,18H,2-4,6-7,9-10H2,1H3. The van der Waals surface area contributed by atoms with E-state index >= 15 is 0 Å². The molecule has 1 heterocycles. The predicted molar refractivity (Wildman–Crippen MR) is 83.1 cm³/mol. The molecule has 1 aromatic rings. The molecule has 3 nitrogen and oxygen atoms in total. The van der Waals surface area contributed by atoms with Crippen molar-refractivity contribution in [1.82, 2.24) is 0 Å². The van der Waals surface area contributed by atoms with Gasteiger partial charge in [-0.15, -0.1) is 0 Å². The number of aliphatic hydroxyl groups excluding tert-OH is 1. The Balaban J connectivity index is 1.88. The maximum atomic E-state index is 10.3. The fourth-order valence-electron chi connectivity index (χ4n) is 2.44. The van der Waals surface area contributed by atoms with E-state index in [1.807, 2.05) is 18.2 Å². The minimum absolute atomic E-state index is 0.334. The van der Waals surface area contributed by atoms with Crippen molar-refractivity contribution in [2.75, 3.05) is 13.2 Å². The van der Waals surface area contributed by atoms with Crippen LogP contribution >= 0.6 is 15.9 Å². The van der Waals surface area contributed by atoms with E-state index in [-0.39, 0.29) is 0 Å². The summed E-state index contributed by atoms with van der Waals surface area (Å²) in [6.07, 6.45) is 4.82. The summed E-state index contributed by atoms with van der Waals surface area (Å²) in [6, 6.07) is 5.81. The minimum atomic E-state index is -0.435. The van der Waals surface area contributed by atoms with Gasteiger partial charge in [-0.3, -0.25) is 0 Å². The highest BCUT2D eigenvalue weighted by Gasteiger charge is 2.18. The van der Waals surface area contributed by atoms with Gasteiger partial charge in [-0.1, -0.05) is 13.0 Å². The van der Waals surface area contributed by atoms with Crippen LogP contribution in [0.1, 0.15) is 50.7 Å². The summed E-state index contributed by atoms with van der Waals surface area (Å²) in [6.45, 7) is 3.66. The third kappa shape index (κ3) is 4.47. The van der Waals surface area contributed by atoms with Gasteiger partial charge in [0, 0.05) is 6.61 Å². The number of ether oxygens (including phenoxy) is 2. The largest absolute Gasteiger partial charge is 0.492 e. The first kappa shape index (κ1) is 15.8. The Morgan fingerprint density at radius 1 is 1.50 bits per heavy atom. The maximum absolute atomic E-state index is 10.3. The summed E-state index contributed by atoms with van der Waals surface area (Å²) < 4.78 is 12.1. The molecule has 20 heavy (non-hydrogen) atoms. The lowest BCUT2D eigenvalue weighted by atomic mass is 10.0. The summed E-state index contributed by atoms with van der Waals surface area (Å²) in [4.78, 5) is 0. The molecule has 2 unspecified atom stereocenters. The van der Waals surface area contributed by atoms with Crippen molar-refractivity contribution in [3.8, 4) is 5.75 Å². The van der Waals surface area contributed by atoms with Crippen LogP contribution in [0.5, 0.6) is 5.75 Å². The van der Waals surface area contributed by atoms with E-state index in [0.29, 0.717) is 12.7 Å². The lowest BCUT2D eigenvalue weighted by molar-refractivity contribution is 0.0812. The van der Waals surface area contributed by atoms with E-state index in [1.54, 1.807) is 0 Å². The Bertz CT molecular complexity index is 416. The van der Waals surface area contributed by atoms with Gasteiger partial charge in [-0.2, -0.15) is 0 Å². The average Bonchev–Trinajstić information content (AvgIpc) is 2.96. The van der Waals surface area contributed by atoms with Crippen LogP contribution in [0, 0.1) is 0 Å². The Labute approximate surface area is 129 Å². The van der Waals surface area contributed by atoms with Gasteiger partial charge in [0.1, 0.15) is 5.75 Å². The molecule has 2 rings (SSSR count). The molecule has 1 N–H and O–H groups in total. The van der Waals surface area contributed by atoms with Gasteiger partial charge in [0.05, 0.1) is 23.3 Å². The summed E-state index contributed by atoms with van der Waals surface area (Å²) >= 11 is 3.50. The molecule has 112 valence electrons. The molecule has 2 atom stereocenters. The third-order valence-electron chi connectivity index (χ3n) is 3.59. The zero-order chi connectivity index (χ0) is 14.4. The van der Waals surface area contributed by atoms with Crippen molar-refractivity contribution >= 4 is 15.9 Å². The van der Waals surface area contributed by atoms with E-state index in [0.717, 1.165) is 54.5 Å². The zero-order valence-electron chi connectivity index (χ0n) is 12.0. The second-order valence-corrected chi connectivity index (χ2v) is 6.12. The molecule has 1 saturated heterocycles. The molecule has 0 saturated carbocycles. The zero-order valence-corrected chi connectivity index (χ0v) is 13.6. The van der Waals surface area contributed by atoms with Crippen molar-refractivity contribution in [3.05, 3.63) is 28.2 Å². The van der Waals surface area contributed by atoms with Gasteiger partial charge in [0.2, 0.25) is 0 Å². The van der Waals surface area contributed by atoms with Crippen molar-refractivity contribution in [2.24, 2.45) is 0 Å². The number of halogens is 1. The average molecular weight is 343 g/mol. The molecular weight excluding hydrogens is 320 g/mol. The number of aliphatic hydroxyl groups is 1. The van der Waals surface area contributed by atoms with Gasteiger partial charge >= 0.3 is 0 Å². The second kappa shape index (κ2) is 8.01. The summed E-state index contributed by atoms with van der Waals surface area (Å²) in [5, 5.41) is 10.3. The molecule has 0 amide bonds. The molecule has 1 aromatic carbocycles. The van der Waals surface area contributed by atoms with Crippen LogP contribution in [0.15, 0.2) is 22.7 Å². The van der Waals surface area contributed by atoms with E-state index in [4.69, 9.17) is 9.47 Å². The number of benzene rings is 1. The van der Waals surface area contributed by atoms with Crippen LogP contribution in [0.2, 0.25) is 0 Å². The van der Waals surface area contributed by atoms with E-state index < -0.39 is 6.10 Å².